The van der Waals surface area contributed by atoms with Crippen LogP contribution in [0.4, 0.5) is 4.39 Å². The lowest BCUT2D eigenvalue weighted by atomic mass is 10.1. The van der Waals surface area contributed by atoms with Crippen molar-refractivity contribution in [3.05, 3.63) is 35.6 Å². The standard InChI is InChI=1S/C17H22FNO2/c18-14-6-4-13(5-7-14)15-10-16(15)17(20)19-8-1-9-21-11-12-2-3-12/h4-7,12,15-16H,1-3,8-11H2,(H,19,20)/t15-,16-/m0/s1. The summed E-state index contributed by atoms with van der Waals surface area (Å²) in [7, 11) is 0. The molecule has 2 aliphatic rings. The molecule has 2 saturated carbocycles. The lowest BCUT2D eigenvalue weighted by Crippen LogP contribution is -2.27. The van der Waals surface area contributed by atoms with E-state index in [4.69, 9.17) is 4.74 Å². The van der Waals surface area contributed by atoms with Crippen molar-refractivity contribution in [1.82, 2.24) is 5.32 Å². The highest BCUT2D eigenvalue weighted by molar-refractivity contribution is 5.82. The SMILES string of the molecule is O=C(NCCCOCC1CC1)[C@H]1C[C@H]1c1ccc(F)cc1. The molecule has 0 unspecified atom stereocenters. The Morgan fingerprint density at radius 1 is 1.29 bits per heavy atom. The summed E-state index contributed by atoms with van der Waals surface area (Å²) >= 11 is 0. The number of amides is 1. The van der Waals surface area contributed by atoms with E-state index in [9.17, 15) is 9.18 Å². The fourth-order valence-electron chi connectivity index (χ4n) is 2.61. The molecule has 0 spiro atoms. The summed E-state index contributed by atoms with van der Waals surface area (Å²) in [6, 6.07) is 6.47. The molecular weight excluding hydrogens is 269 g/mol. The Labute approximate surface area is 124 Å². The molecule has 1 aromatic rings. The highest BCUT2D eigenvalue weighted by Gasteiger charge is 2.43. The molecule has 3 nitrogen and oxygen atoms in total. The van der Waals surface area contributed by atoms with Gasteiger partial charge in [0.15, 0.2) is 0 Å². The number of hydrogen-bond donors (Lipinski definition) is 1. The monoisotopic (exact) mass is 291 g/mol. The van der Waals surface area contributed by atoms with Gasteiger partial charge in [0.05, 0.1) is 0 Å². The van der Waals surface area contributed by atoms with Crippen LogP contribution in [0.5, 0.6) is 0 Å². The van der Waals surface area contributed by atoms with Crippen LogP contribution in [0, 0.1) is 17.7 Å². The molecule has 0 aromatic heterocycles. The van der Waals surface area contributed by atoms with E-state index in [1.54, 1.807) is 12.1 Å². The quantitative estimate of drug-likeness (QED) is 0.748. The first-order valence-corrected chi connectivity index (χ1v) is 7.85. The van der Waals surface area contributed by atoms with Crippen LogP contribution < -0.4 is 5.32 Å². The zero-order valence-electron chi connectivity index (χ0n) is 12.2. The van der Waals surface area contributed by atoms with Crippen LogP contribution >= 0.6 is 0 Å². The second-order valence-corrected chi connectivity index (χ2v) is 6.16. The maximum absolute atomic E-state index is 12.9. The van der Waals surface area contributed by atoms with E-state index < -0.39 is 0 Å². The number of halogens is 1. The minimum absolute atomic E-state index is 0.0582. The fourth-order valence-corrected chi connectivity index (χ4v) is 2.61. The average Bonchev–Trinajstić information content (AvgIpc) is 3.37. The third kappa shape index (κ3) is 4.27. The summed E-state index contributed by atoms with van der Waals surface area (Å²) in [5.74, 6) is 1.00. The predicted molar refractivity (Wildman–Crippen MR) is 78.4 cm³/mol. The Hall–Kier alpha value is -1.42. The van der Waals surface area contributed by atoms with Gasteiger partial charge in [-0.05, 0) is 55.2 Å². The third-order valence-corrected chi connectivity index (χ3v) is 4.24. The molecule has 2 fully saturated rings. The second kappa shape index (κ2) is 6.56. The predicted octanol–water partition coefficient (Wildman–Crippen LogP) is 2.86. The lowest BCUT2D eigenvalue weighted by Gasteiger charge is -2.06. The molecule has 0 saturated heterocycles. The van der Waals surface area contributed by atoms with Crippen molar-refractivity contribution in [1.29, 1.82) is 0 Å². The Morgan fingerprint density at radius 2 is 2.05 bits per heavy atom. The molecule has 21 heavy (non-hydrogen) atoms. The molecule has 0 heterocycles. The molecule has 1 amide bonds. The van der Waals surface area contributed by atoms with E-state index in [1.807, 2.05) is 0 Å². The first-order chi connectivity index (χ1) is 10.2. The molecule has 1 N–H and O–H groups in total. The summed E-state index contributed by atoms with van der Waals surface area (Å²) < 4.78 is 18.4. The van der Waals surface area contributed by atoms with Crippen LogP contribution in [0.3, 0.4) is 0 Å². The van der Waals surface area contributed by atoms with Crippen LogP contribution in [-0.2, 0) is 9.53 Å². The van der Waals surface area contributed by atoms with Gasteiger partial charge in [0.1, 0.15) is 5.82 Å². The zero-order chi connectivity index (χ0) is 14.7. The Balaban J connectivity index is 1.30. The highest BCUT2D eigenvalue weighted by Crippen LogP contribution is 2.47. The van der Waals surface area contributed by atoms with Gasteiger partial charge in [-0.1, -0.05) is 12.1 Å². The van der Waals surface area contributed by atoms with Crippen molar-refractivity contribution in [3.8, 4) is 0 Å². The number of ether oxygens (including phenoxy) is 1. The largest absolute Gasteiger partial charge is 0.381 e. The molecule has 0 radical (unpaired) electrons. The summed E-state index contributed by atoms with van der Waals surface area (Å²) in [5.41, 5.74) is 1.06. The van der Waals surface area contributed by atoms with Crippen molar-refractivity contribution in [2.45, 2.75) is 31.6 Å². The van der Waals surface area contributed by atoms with Crippen molar-refractivity contribution in [2.24, 2.45) is 11.8 Å². The van der Waals surface area contributed by atoms with E-state index in [1.165, 1.54) is 25.0 Å². The minimum Gasteiger partial charge on any atom is -0.381 e. The molecule has 2 aliphatic carbocycles. The number of hydrogen-bond acceptors (Lipinski definition) is 2. The molecule has 114 valence electrons. The average molecular weight is 291 g/mol. The van der Waals surface area contributed by atoms with Crippen molar-refractivity contribution in [3.63, 3.8) is 0 Å². The van der Waals surface area contributed by atoms with E-state index in [0.717, 1.165) is 37.5 Å². The van der Waals surface area contributed by atoms with Gasteiger partial charge >= 0.3 is 0 Å². The van der Waals surface area contributed by atoms with E-state index in [2.05, 4.69) is 5.32 Å². The van der Waals surface area contributed by atoms with Gasteiger partial charge in [0, 0.05) is 25.7 Å². The van der Waals surface area contributed by atoms with E-state index in [-0.39, 0.29) is 23.6 Å². The van der Waals surface area contributed by atoms with Gasteiger partial charge in [0.25, 0.3) is 0 Å². The maximum atomic E-state index is 12.9. The Kier molecular flexibility index (Phi) is 4.54. The van der Waals surface area contributed by atoms with Gasteiger partial charge in [-0.15, -0.1) is 0 Å². The topological polar surface area (TPSA) is 38.3 Å². The Bertz CT molecular complexity index is 484. The fraction of sp³-hybridized carbons (Fsp3) is 0.588. The van der Waals surface area contributed by atoms with Crippen LogP contribution in [0.1, 0.15) is 37.2 Å². The van der Waals surface area contributed by atoms with Gasteiger partial charge in [-0.25, -0.2) is 4.39 Å². The number of benzene rings is 1. The van der Waals surface area contributed by atoms with Gasteiger partial charge in [0.2, 0.25) is 5.91 Å². The van der Waals surface area contributed by atoms with Crippen molar-refractivity contribution in [2.75, 3.05) is 19.8 Å². The number of carbonyl (C=O) groups excluding carboxylic acids is 1. The number of carbonyl (C=O) groups is 1. The van der Waals surface area contributed by atoms with E-state index in [0.29, 0.717) is 6.54 Å². The first-order valence-electron chi connectivity index (χ1n) is 7.85. The van der Waals surface area contributed by atoms with Gasteiger partial charge in [-0.3, -0.25) is 4.79 Å². The number of nitrogens with one attached hydrogen (secondary N) is 1. The smallest absolute Gasteiger partial charge is 0.223 e. The molecule has 1 aromatic carbocycles. The second-order valence-electron chi connectivity index (χ2n) is 6.16. The lowest BCUT2D eigenvalue weighted by molar-refractivity contribution is -0.122. The molecule has 0 bridgehead atoms. The molecule has 2 atom stereocenters. The van der Waals surface area contributed by atoms with Crippen LogP contribution in [0.2, 0.25) is 0 Å². The molecular formula is C17H22FNO2. The van der Waals surface area contributed by atoms with Crippen molar-refractivity contribution < 1.29 is 13.9 Å². The minimum atomic E-state index is -0.230. The zero-order valence-corrected chi connectivity index (χ0v) is 12.2. The first kappa shape index (κ1) is 14.5. The van der Waals surface area contributed by atoms with Gasteiger partial charge in [-0.2, -0.15) is 0 Å². The maximum Gasteiger partial charge on any atom is 0.223 e. The summed E-state index contributed by atoms with van der Waals surface area (Å²) in [5, 5.41) is 2.97. The number of rotatable bonds is 8. The summed E-state index contributed by atoms with van der Waals surface area (Å²) in [4.78, 5) is 12.0. The van der Waals surface area contributed by atoms with Crippen molar-refractivity contribution >= 4 is 5.91 Å². The van der Waals surface area contributed by atoms with Crippen LogP contribution in [0.25, 0.3) is 0 Å². The molecule has 0 aliphatic heterocycles. The van der Waals surface area contributed by atoms with Crippen LogP contribution in [0.15, 0.2) is 24.3 Å². The molecule has 3 rings (SSSR count). The highest BCUT2D eigenvalue weighted by atomic mass is 19.1. The summed E-state index contributed by atoms with van der Waals surface area (Å²) in [6.07, 6.45) is 4.36. The Morgan fingerprint density at radius 3 is 2.76 bits per heavy atom. The van der Waals surface area contributed by atoms with Crippen LogP contribution in [-0.4, -0.2) is 25.7 Å². The summed E-state index contributed by atoms with van der Waals surface area (Å²) in [6.45, 7) is 2.28. The third-order valence-electron chi connectivity index (χ3n) is 4.24. The molecule has 4 heteroatoms. The van der Waals surface area contributed by atoms with E-state index >= 15 is 0 Å². The van der Waals surface area contributed by atoms with Gasteiger partial charge < -0.3 is 10.1 Å². The normalized spacial score (nSPS) is 23.9.